The number of aromatic nitrogens is 4. The van der Waals surface area contributed by atoms with Crippen LogP contribution in [0, 0.1) is 0 Å². The van der Waals surface area contributed by atoms with E-state index in [-0.39, 0.29) is 11.3 Å². The molecule has 1 atom stereocenters. The second-order valence-corrected chi connectivity index (χ2v) is 19.3. The molecule has 0 radical (unpaired) electrons. The fraction of sp³-hybridized carbons (Fsp3) is 0.159. The molecule has 0 fully saturated rings. The van der Waals surface area contributed by atoms with Gasteiger partial charge in [-0.05, 0) is 129 Å². The van der Waals surface area contributed by atoms with Crippen LogP contribution in [0.4, 0.5) is 0 Å². The predicted molar refractivity (Wildman–Crippen MR) is 273 cm³/mol. The van der Waals surface area contributed by atoms with E-state index in [1.807, 2.05) is 0 Å². The molecule has 0 N–H and O–H groups in total. The standard InChI is InChI=1S/C63H46N4/c1-3-20-40(21-4-1)59-64-60(41-22-5-2-6-23-41)66-61(65-59)67-55-38-37-54-56(57(55)46-36-35-39-19-7-8-24-42(39)58(46)67)45-27-11-14-30-49(45)63(54)52-33-17-15-31-50(52)62(51-32-16-18-34-53(51)63)47-28-12-9-25-43(47)44-26-10-13-29-48(44)62/h1-5,7-11,14-20,22,24-27,30-38,40H,6,12-13,21,23,28-29H2. The number of hydrogen-bond acceptors (Lipinski definition) is 3. The summed E-state index contributed by atoms with van der Waals surface area (Å²) in [5.41, 5.74) is 19.5. The summed E-state index contributed by atoms with van der Waals surface area (Å²) >= 11 is 0. The third kappa shape index (κ3) is 4.80. The fourth-order valence-electron chi connectivity index (χ4n) is 13.8. The van der Waals surface area contributed by atoms with Crippen molar-refractivity contribution in [1.82, 2.24) is 19.5 Å². The zero-order chi connectivity index (χ0) is 43.8. The summed E-state index contributed by atoms with van der Waals surface area (Å²) in [6, 6.07) is 46.8. The fourth-order valence-corrected chi connectivity index (χ4v) is 13.8. The van der Waals surface area contributed by atoms with E-state index in [4.69, 9.17) is 15.0 Å². The highest BCUT2D eigenvalue weighted by Gasteiger charge is 2.60. The normalized spacial score (nSPS) is 19.9. The van der Waals surface area contributed by atoms with Crippen LogP contribution in [-0.2, 0) is 10.8 Å². The van der Waals surface area contributed by atoms with E-state index in [9.17, 15) is 0 Å². The van der Waals surface area contributed by atoms with Gasteiger partial charge in [0.05, 0.1) is 21.9 Å². The number of hydrogen-bond donors (Lipinski definition) is 0. The lowest BCUT2D eigenvalue weighted by Crippen LogP contribution is -2.45. The third-order valence-corrected chi connectivity index (χ3v) is 16.3. The molecule has 0 saturated heterocycles. The molecule has 2 aromatic heterocycles. The van der Waals surface area contributed by atoms with Crippen molar-refractivity contribution in [3.63, 3.8) is 0 Å². The van der Waals surface area contributed by atoms with Crippen molar-refractivity contribution >= 4 is 38.2 Å². The topological polar surface area (TPSA) is 43.6 Å². The Bertz CT molecular complexity index is 3710. The maximum Gasteiger partial charge on any atom is 0.238 e. The van der Waals surface area contributed by atoms with Crippen LogP contribution in [0.2, 0.25) is 0 Å². The first kappa shape index (κ1) is 37.5. The van der Waals surface area contributed by atoms with E-state index in [1.54, 1.807) is 11.1 Å². The maximum absolute atomic E-state index is 5.48. The van der Waals surface area contributed by atoms with Crippen LogP contribution in [0.1, 0.15) is 95.9 Å². The molecule has 6 aromatic carbocycles. The Labute approximate surface area is 390 Å². The lowest BCUT2D eigenvalue weighted by atomic mass is 9.51. The van der Waals surface area contributed by atoms with E-state index < -0.39 is 5.41 Å². The van der Waals surface area contributed by atoms with Crippen molar-refractivity contribution < 1.29 is 0 Å². The summed E-state index contributed by atoms with van der Waals surface area (Å²) in [5.74, 6) is 2.31. The van der Waals surface area contributed by atoms with Gasteiger partial charge in [0.1, 0.15) is 5.82 Å². The highest BCUT2D eigenvalue weighted by molar-refractivity contribution is 6.23. The highest BCUT2D eigenvalue weighted by Crippen LogP contribution is 2.69. The van der Waals surface area contributed by atoms with Crippen molar-refractivity contribution in [1.29, 1.82) is 0 Å². The Morgan fingerprint density at radius 3 is 1.93 bits per heavy atom. The van der Waals surface area contributed by atoms with Crippen LogP contribution in [0.15, 0.2) is 210 Å². The number of nitrogens with zero attached hydrogens (tertiary/aromatic N) is 4. The molecule has 0 amide bonds. The summed E-state index contributed by atoms with van der Waals surface area (Å²) in [7, 11) is 0. The summed E-state index contributed by atoms with van der Waals surface area (Å²) in [6.07, 6.45) is 31.9. The van der Waals surface area contributed by atoms with Crippen LogP contribution in [0.3, 0.4) is 0 Å². The molecule has 2 heterocycles. The van der Waals surface area contributed by atoms with Crippen molar-refractivity contribution in [2.75, 3.05) is 0 Å². The molecule has 67 heavy (non-hydrogen) atoms. The van der Waals surface area contributed by atoms with Gasteiger partial charge in [0, 0.05) is 22.1 Å². The zero-order valence-corrected chi connectivity index (χ0v) is 37.2. The van der Waals surface area contributed by atoms with Crippen molar-refractivity contribution in [2.45, 2.75) is 61.7 Å². The van der Waals surface area contributed by atoms with Gasteiger partial charge in [-0.2, -0.15) is 9.97 Å². The van der Waals surface area contributed by atoms with Crippen LogP contribution < -0.4 is 0 Å². The Balaban J connectivity index is 1.07. The lowest BCUT2D eigenvalue weighted by molar-refractivity contribution is 0.576. The zero-order valence-electron chi connectivity index (χ0n) is 37.2. The van der Waals surface area contributed by atoms with Gasteiger partial charge in [-0.25, -0.2) is 4.98 Å². The Morgan fingerprint density at radius 2 is 1.21 bits per heavy atom. The van der Waals surface area contributed by atoms with Crippen LogP contribution in [0.5, 0.6) is 0 Å². The average Bonchev–Trinajstić information content (AvgIpc) is 4.02. The van der Waals surface area contributed by atoms with Gasteiger partial charge in [0.25, 0.3) is 0 Å². The molecule has 4 heteroatoms. The largest absolute Gasteiger partial charge is 0.277 e. The smallest absolute Gasteiger partial charge is 0.238 e. The SMILES string of the molecule is C1=CCCC(c2nc(C3C=CC=CC3)nc(-n3c4ccc5c(c4c4ccc6ccccc6c43)-c3ccccc3C53c4ccccc4C4(C5=C(C=CCC5)C5=C4CCC=C5)c4ccccc43)n2)=C1. The second-order valence-electron chi connectivity index (χ2n) is 19.3. The summed E-state index contributed by atoms with van der Waals surface area (Å²) in [6.45, 7) is 0. The first-order chi connectivity index (χ1) is 33.3. The van der Waals surface area contributed by atoms with E-state index in [0.717, 1.165) is 73.2 Å². The predicted octanol–water partition coefficient (Wildman–Crippen LogP) is 14.7. The van der Waals surface area contributed by atoms with Crippen molar-refractivity contribution in [3.8, 4) is 17.1 Å². The van der Waals surface area contributed by atoms with Gasteiger partial charge in [-0.1, -0.05) is 182 Å². The van der Waals surface area contributed by atoms with Crippen LogP contribution in [-0.4, -0.2) is 19.5 Å². The molecular formula is C63H46N4. The molecule has 1 unspecified atom stereocenters. The molecule has 2 spiro atoms. The molecule has 0 bridgehead atoms. The minimum atomic E-state index is -0.557. The van der Waals surface area contributed by atoms with Gasteiger partial charge < -0.3 is 0 Å². The first-order valence-corrected chi connectivity index (χ1v) is 24.3. The number of allylic oxidation sites excluding steroid dienone is 16. The summed E-state index contributed by atoms with van der Waals surface area (Å²) < 4.78 is 2.38. The molecule has 0 aliphatic heterocycles. The third-order valence-electron chi connectivity index (χ3n) is 16.3. The molecular weight excluding hydrogens is 813 g/mol. The summed E-state index contributed by atoms with van der Waals surface area (Å²) in [4.78, 5) is 16.2. The maximum atomic E-state index is 5.48. The van der Waals surface area contributed by atoms with E-state index in [1.165, 1.54) is 77.2 Å². The molecule has 4 nitrogen and oxygen atoms in total. The lowest BCUT2D eigenvalue weighted by Gasteiger charge is -2.50. The molecule has 0 saturated carbocycles. The molecule has 7 aliphatic rings. The quantitative estimate of drug-likeness (QED) is 0.178. The van der Waals surface area contributed by atoms with Crippen LogP contribution >= 0.6 is 0 Å². The van der Waals surface area contributed by atoms with Crippen molar-refractivity contribution in [2.24, 2.45) is 0 Å². The summed E-state index contributed by atoms with van der Waals surface area (Å²) in [5, 5.41) is 4.82. The Kier molecular flexibility index (Phi) is 7.79. The van der Waals surface area contributed by atoms with Gasteiger partial charge in [-0.3, -0.25) is 4.57 Å². The Hall–Kier alpha value is -7.69. The molecule has 7 aliphatic carbocycles. The Morgan fingerprint density at radius 1 is 0.522 bits per heavy atom. The molecule has 15 rings (SSSR count). The first-order valence-electron chi connectivity index (χ1n) is 24.3. The van der Waals surface area contributed by atoms with Crippen molar-refractivity contribution in [3.05, 3.63) is 255 Å². The van der Waals surface area contributed by atoms with E-state index in [0.29, 0.717) is 5.95 Å². The molecule has 8 aromatic rings. The van der Waals surface area contributed by atoms with Gasteiger partial charge in [-0.15, -0.1) is 0 Å². The van der Waals surface area contributed by atoms with E-state index >= 15 is 0 Å². The second kappa shape index (κ2) is 13.9. The van der Waals surface area contributed by atoms with Crippen LogP contribution in [0.25, 0.3) is 55.2 Å². The van der Waals surface area contributed by atoms with Gasteiger partial charge >= 0.3 is 0 Å². The number of benzene rings is 6. The van der Waals surface area contributed by atoms with Gasteiger partial charge in [0.2, 0.25) is 5.95 Å². The molecule has 318 valence electrons. The minimum Gasteiger partial charge on any atom is -0.277 e. The van der Waals surface area contributed by atoms with Gasteiger partial charge in [0.15, 0.2) is 5.82 Å². The average molecular weight is 859 g/mol. The minimum absolute atomic E-state index is 0.0635. The number of rotatable bonds is 3. The number of fused-ring (bicyclic) bond motifs is 20. The van der Waals surface area contributed by atoms with E-state index in [2.05, 4.69) is 193 Å². The highest BCUT2D eigenvalue weighted by atomic mass is 15.2. The monoisotopic (exact) mass is 858 g/mol.